The van der Waals surface area contributed by atoms with Crippen LogP contribution in [0.15, 0.2) is 18.2 Å². The Morgan fingerprint density at radius 1 is 1.35 bits per heavy atom. The van der Waals surface area contributed by atoms with E-state index in [-0.39, 0.29) is 0 Å². The molecule has 1 aliphatic rings. The topological polar surface area (TPSA) is 9.23 Å². The van der Waals surface area contributed by atoms with Crippen LogP contribution in [0.2, 0.25) is 0 Å². The molecule has 17 heavy (non-hydrogen) atoms. The molecule has 2 heteroatoms. The first-order valence-corrected chi connectivity index (χ1v) is 7.59. The van der Waals surface area contributed by atoms with Gasteiger partial charge in [-0.1, -0.05) is 46.5 Å². The average Bonchev–Trinajstić information content (AvgIpc) is 2.84. The van der Waals surface area contributed by atoms with Gasteiger partial charge in [-0.05, 0) is 37.3 Å². The summed E-state index contributed by atoms with van der Waals surface area (Å²) in [5.41, 5.74) is 2.71. The van der Waals surface area contributed by atoms with Gasteiger partial charge in [0.05, 0.1) is 7.11 Å². The lowest BCUT2D eigenvalue weighted by Crippen LogP contribution is -2.12. The van der Waals surface area contributed by atoms with Gasteiger partial charge in [-0.3, -0.25) is 0 Å². The molecule has 1 aromatic carbocycles. The summed E-state index contributed by atoms with van der Waals surface area (Å²) in [4.78, 5) is 0. The van der Waals surface area contributed by atoms with Crippen molar-refractivity contribution in [1.82, 2.24) is 0 Å². The highest BCUT2D eigenvalue weighted by atomic mass is 79.9. The first-order valence-electron chi connectivity index (χ1n) is 6.46. The Morgan fingerprint density at radius 2 is 2.06 bits per heavy atom. The average molecular weight is 297 g/mol. The molecular formula is C15H21BrO. The second-order valence-corrected chi connectivity index (χ2v) is 5.70. The SMILES string of the molecule is COc1ccc(C)cc1C(CBr)C1CCCC1. The lowest BCUT2D eigenvalue weighted by atomic mass is 9.85. The van der Waals surface area contributed by atoms with Crippen molar-refractivity contribution >= 4 is 15.9 Å². The lowest BCUT2D eigenvalue weighted by Gasteiger charge is -2.24. The van der Waals surface area contributed by atoms with Crippen LogP contribution in [0, 0.1) is 12.8 Å². The summed E-state index contributed by atoms with van der Waals surface area (Å²) in [6.07, 6.45) is 5.52. The molecule has 0 N–H and O–H groups in total. The Kier molecular flexibility index (Phi) is 4.49. The molecule has 2 rings (SSSR count). The van der Waals surface area contributed by atoms with E-state index in [2.05, 4.69) is 41.1 Å². The molecule has 0 aromatic heterocycles. The molecule has 1 aromatic rings. The zero-order valence-corrected chi connectivity index (χ0v) is 12.3. The molecular weight excluding hydrogens is 276 g/mol. The second kappa shape index (κ2) is 5.90. The van der Waals surface area contributed by atoms with Crippen molar-refractivity contribution in [3.05, 3.63) is 29.3 Å². The summed E-state index contributed by atoms with van der Waals surface area (Å²) in [5.74, 6) is 2.48. The standard InChI is InChI=1S/C15H21BrO/c1-11-7-8-15(17-2)13(9-11)14(10-16)12-5-3-4-6-12/h7-9,12,14H,3-6,10H2,1-2H3. The zero-order valence-electron chi connectivity index (χ0n) is 10.7. The molecule has 0 radical (unpaired) electrons. The highest BCUT2D eigenvalue weighted by Gasteiger charge is 2.27. The van der Waals surface area contributed by atoms with Gasteiger partial charge in [-0.2, -0.15) is 0 Å². The summed E-state index contributed by atoms with van der Waals surface area (Å²) >= 11 is 3.69. The van der Waals surface area contributed by atoms with E-state index in [0.29, 0.717) is 5.92 Å². The number of methoxy groups -OCH3 is 1. The number of aryl methyl sites for hydroxylation is 1. The third-order valence-electron chi connectivity index (χ3n) is 3.92. The maximum absolute atomic E-state index is 5.52. The number of benzene rings is 1. The molecule has 1 fully saturated rings. The summed E-state index contributed by atoms with van der Waals surface area (Å²) < 4.78 is 5.52. The molecule has 1 atom stereocenters. The van der Waals surface area contributed by atoms with E-state index in [1.807, 2.05) is 0 Å². The van der Waals surface area contributed by atoms with Crippen LogP contribution in [0.5, 0.6) is 5.75 Å². The molecule has 0 heterocycles. The fourth-order valence-electron chi connectivity index (χ4n) is 2.97. The smallest absolute Gasteiger partial charge is 0.122 e. The van der Waals surface area contributed by atoms with Crippen LogP contribution in [0.3, 0.4) is 0 Å². The Labute approximate surface area is 113 Å². The minimum Gasteiger partial charge on any atom is -0.496 e. The van der Waals surface area contributed by atoms with Crippen molar-refractivity contribution in [3.8, 4) is 5.75 Å². The Balaban J connectivity index is 2.31. The number of hydrogen-bond donors (Lipinski definition) is 0. The quantitative estimate of drug-likeness (QED) is 0.734. The predicted octanol–water partition coefficient (Wildman–Crippen LogP) is 4.67. The third-order valence-corrected chi connectivity index (χ3v) is 4.62. The molecule has 0 saturated heterocycles. The minimum atomic E-state index is 0.604. The van der Waals surface area contributed by atoms with Crippen molar-refractivity contribution in [1.29, 1.82) is 0 Å². The summed E-state index contributed by atoms with van der Waals surface area (Å²) in [6, 6.07) is 6.53. The fraction of sp³-hybridized carbons (Fsp3) is 0.600. The van der Waals surface area contributed by atoms with Gasteiger partial charge in [0.25, 0.3) is 0 Å². The number of rotatable bonds is 4. The third kappa shape index (κ3) is 2.85. The molecule has 1 unspecified atom stereocenters. The van der Waals surface area contributed by atoms with E-state index in [9.17, 15) is 0 Å². The summed E-state index contributed by atoms with van der Waals surface area (Å²) in [7, 11) is 1.77. The van der Waals surface area contributed by atoms with Gasteiger partial charge >= 0.3 is 0 Å². The van der Waals surface area contributed by atoms with E-state index in [4.69, 9.17) is 4.74 Å². The maximum Gasteiger partial charge on any atom is 0.122 e. The normalized spacial score (nSPS) is 18.3. The molecule has 1 saturated carbocycles. The first-order chi connectivity index (χ1) is 8.26. The number of halogens is 1. The first kappa shape index (κ1) is 12.9. The monoisotopic (exact) mass is 296 g/mol. The summed E-state index contributed by atoms with van der Waals surface area (Å²) in [5, 5.41) is 1.04. The highest BCUT2D eigenvalue weighted by molar-refractivity contribution is 9.09. The van der Waals surface area contributed by atoms with Crippen LogP contribution in [-0.2, 0) is 0 Å². The predicted molar refractivity (Wildman–Crippen MR) is 76.2 cm³/mol. The molecule has 0 spiro atoms. The largest absolute Gasteiger partial charge is 0.496 e. The second-order valence-electron chi connectivity index (χ2n) is 5.05. The van der Waals surface area contributed by atoms with Crippen molar-refractivity contribution in [2.24, 2.45) is 5.92 Å². The van der Waals surface area contributed by atoms with E-state index in [1.54, 1.807) is 7.11 Å². The number of ether oxygens (including phenoxy) is 1. The molecule has 94 valence electrons. The van der Waals surface area contributed by atoms with Crippen LogP contribution in [-0.4, -0.2) is 12.4 Å². The minimum absolute atomic E-state index is 0.604. The number of alkyl halides is 1. The van der Waals surface area contributed by atoms with Crippen LogP contribution >= 0.6 is 15.9 Å². The van der Waals surface area contributed by atoms with Gasteiger partial charge in [0.2, 0.25) is 0 Å². The van der Waals surface area contributed by atoms with Crippen LogP contribution in [0.4, 0.5) is 0 Å². The molecule has 0 amide bonds. The maximum atomic E-state index is 5.52. The fourth-order valence-corrected chi connectivity index (χ4v) is 3.84. The number of hydrogen-bond acceptors (Lipinski definition) is 1. The van der Waals surface area contributed by atoms with E-state index >= 15 is 0 Å². The molecule has 1 nitrogen and oxygen atoms in total. The highest BCUT2D eigenvalue weighted by Crippen LogP contribution is 2.41. The van der Waals surface area contributed by atoms with Crippen LogP contribution in [0.1, 0.15) is 42.7 Å². The Morgan fingerprint density at radius 3 is 2.65 bits per heavy atom. The Bertz CT molecular complexity index is 369. The molecule has 0 aliphatic heterocycles. The van der Waals surface area contributed by atoms with Gasteiger partial charge in [0, 0.05) is 11.2 Å². The van der Waals surface area contributed by atoms with Gasteiger partial charge in [-0.25, -0.2) is 0 Å². The van der Waals surface area contributed by atoms with E-state index in [1.165, 1.54) is 36.8 Å². The van der Waals surface area contributed by atoms with Crippen molar-refractivity contribution in [2.45, 2.75) is 38.5 Å². The van der Waals surface area contributed by atoms with Gasteiger partial charge in [-0.15, -0.1) is 0 Å². The van der Waals surface area contributed by atoms with Crippen LogP contribution in [0.25, 0.3) is 0 Å². The van der Waals surface area contributed by atoms with Crippen molar-refractivity contribution in [2.75, 3.05) is 12.4 Å². The summed E-state index contributed by atoms with van der Waals surface area (Å²) in [6.45, 7) is 2.16. The van der Waals surface area contributed by atoms with Gasteiger partial charge < -0.3 is 4.74 Å². The Hall–Kier alpha value is -0.500. The van der Waals surface area contributed by atoms with Gasteiger partial charge in [0.15, 0.2) is 0 Å². The van der Waals surface area contributed by atoms with E-state index < -0.39 is 0 Å². The molecule has 0 bridgehead atoms. The van der Waals surface area contributed by atoms with Crippen molar-refractivity contribution in [3.63, 3.8) is 0 Å². The van der Waals surface area contributed by atoms with Gasteiger partial charge in [0.1, 0.15) is 5.75 Å². The van der Waals surface area contributed by atoms with Crippen LogP contribution < -0.4 is 4.74 Å². The van der Waals surface area contributed by atoms with Crippen molar-refractivity contribution < 1.29 is 4.74 Å². The lowest BCUT2D eigenvalue weighted by molar-refractivity contribution is 0.392. The zero-order chi connectivity index (χ0) is 12.3. The molecule has 1 aliphatic carbocycles. The van der Waals surface area contributed by atoms with E-state index in [0.717, 1.165) is 17.0 Å².